The summed E-state index contributed by atoms with van der Waals surface area (Å²) < 4.78 is 5.38. The standard InChI is InChI=1S/C14H21NO.ClH/c1-10-3-4-11(2)13(9-10)14(15)12-5-7-16-8-6-12;/h3-4,9,12,14H,5-8,15H2,1-2H3;1H/t14-;/m0./s1. The van der Waals surface area contributed by atoms with Crippen LogP contribution in [0.25, 0.3) is 0 Å². The van der Waals surface area contributed by atoms with Crippen molar-refractivity contribution in [3.8, 4) is 0 Å². The molecule has 1 heterocycles. The van der Waals surface area contributed by atoms with Crippen LogP contribution in [0.1, 0.15) is 35.6 Å². The van der Waals surface area contributed by atoms with Gasteiger partial charge in [0.1, 0.15) is 0 Å². The van der Waals surface area contributed by atoms with Crippen LogP contribution in [0.3, 0.4) is 0 Å². The first kappa shape index (κ1) is 14.5. The first-order chi connectivity index (χ1) is 7.68. The van der Waals surface area contributed by atoms with Crippen molar-refractivity contribution in [1.82, 2.24) is 0 Å². The zero-order valence-electron chi connectivity index (χ0n) is 10.6. The van der Waals surface area contributed by atoms with Gasteiger partial charge in [-0.05, 0) is 43.7 Å². The van der Waals surface area contributed by atoms with Crippen molar-refractivity contribution in [2.45, 2.75) is 32.7 Å². The molecule has 0 spiro atoms. The second-order valence-corrected chi connectivity index (χ2v) is 4.84. The van der Waals surface area contributed by atoms with Gasteiger partial charge in [-0.3, -0.25) is 0 Å². The normalized spacial score (nSPS) is 18.5. The molecule has 17 heavy (non-hydrogen) atoms. The lowest BCUT2D eigenvalue weighted by Gasteiger charge is -2.29. The summed E-state index contributed by atoms with van der Waals surface area (Å²) in [5, 5.41) is 0. The second kappa shape index (κ2) is 6.39. The van der Waals surface area contributed by atoms with Crippen molar-refractivity contribution >= 4 is 12.4 Å². The van der Waals surface area contributed by atoms with E-state index in [1.54, 1.807) is 0 Å². The summed E-state index contributed by atoms with van der Waals surface area (Å²) in [7, 11) is 0. The van der Waals surface area contributed by atoms with E-state index in [9.17, 15) is 0 Å². The molecule has 0 radical (unpaired) electrons. The zero-order valence-corrected chi connectivity index (χ0v) is 11.4. The van der Waals surface area contributed by atoms with Gasteiger partial charge >= 0.3 is 0 Å². The van der Waals surface area contributed by atoms with Crippen LogP contribution in [0.4, 0.5) is 0 Å². The van der Waals surface area contributed by atoms with Gasteiger partial charge in [-0.25, -0.2) is 0 Å². The topological polar surface area (TPSA) is 35.2 Å². The summed E-state index contributed by atoms with van der Waals surface area (Å²) >= 11 is 0. The molecule has 0 saturated carbocycles. The van der Waals surface area contributed by atoms with E-state index in [1.807, 2.05) is 0 Å². The van der Waals surface area contributed by atoms with Gasteiger partial charge in [-0.2, -0.15) is 0 Å². The van der Waals surface area contributed by atoms with Crippen LogP contribution in [0, 0.1) is 19.8 Å². The van der Waals surface area contributed by atoms with Gasteiger partial charge in [0.05, 0.1) is 0 Å². The monoisotopic (exact) mass is 255 g/mol. The molecule has 2 rings (SSSR count). The molecule has 0 aromatic heterocycles. The highest BCUT2D eigenvalue weighted by Gasteiger charge is 2.23. The van der Waals surface area contributed by atoms with Crippen molar-refractivity contribution < 1.29 is 4.74 Å². The predicted molar refractivity (Wildman–Crippen MR) is 73.6 cm³/mol. The number of rotatable bonds is 2. The van der Waals surface area contributed by atoms with E-state index in [2.05, 4.69) is 32.0 Å². The maximum absolute atomic E-state index is 6.38. The number of halogens is 1. The average molecular weight is 256 g/mol. The zero-order chi connectivity index (χ0) is 11.5. The second-order valence-electron chi connectivity index (χ2n) is 4.84. The van der Waals surface area contributed by atoms with E-state index >= 15 is 0 Å². The van der Waals surface area contributed by atoms with E-state index < -0.39 is 0 Å². The van der Waals surface area contributed by atoms with Gasteiger partial charge in [0.25, 0.3) is 0 Å². The van der Waals surface area contributed by atoms with Gasteiger partial charge in [-0.1, -0.05) is 23.8 Å². The summed E-state index contributed by atoms with van der Waals surface area (Å²) in [6.45, 7) is 6.00. The van der Waals surface area contributed by atoms with Crippen LogP contribution in [0.2, 0.25) is 0 Å². The number of hydrogen-bond acceptors (Lipinski definition) is 2. The lowest BCUT2D eigenvalue weighted by molar-refractivity contribution is 0.0583. The Kier molecular flexibility index (Phi) is 5.44. The number of nitrogens with two attached hydrogens (primary N) is 1. The third-order valence-corrected chi connectivity index (χ3v) is 3.57. The highest BCUT2D eigenvalue weighted by atomic mass is 35.5. The molecule has 1 aromatic rings. The highest BCUT2D eigenvalue weighted by Crippen LogP contribution is 2.30. The Morgan fingerprint density at radius 2 is 1.88 bits per heavy atom. The Labute approximate surface area is 110 Å². The molecule has 1 aliphatic rings. The number of aryl methyl sites for hydroxylation is 2. The van der Waals surface area contributed by atoms with Crippen LogP contribution in [-0.2, 0) is 4.74 Å². The molecule has 2 N–H and O–H groups in total. The molecule has 3 heteroatoms. The van der Waals surface area contributed by atoms with E-state index in [-0.39, 0.29) is 18.4 Å². The van der Waals surface area contributed by atoms with E-state index in [0.29, 0.717) is 5.92 Å². The summed E-state index contributed by atoms with van der Waals surface area (Å²) in [6, 6.07) is 6.72. The molecule has 0 bridgehead atoms. The summed E-state index contributed by atoms with van der Waals surface area (Å²) in [5.41, 5.74) is 10.3. The summed E-state index contributed by atoms with van der Waals surface area (Å²) in [6.07, 6.45) is 2.18. The fourth-order valence-electron chi connectivity index (χ4n) is 2.45. The maximum Gasteiger partial charge on any atom is 0.0469 e. The molecule has 1 atom stereocenters. The minimum absolute atomic E-state index is 0. The Morgan fingerprint density at radius 1 is 1.24 bits per heavy atom. The average Bonchev–Trinajstić information content (AvgIpc) is 2.32. The third-order valence-electron chi connectivity index (χ3n) is 3.57. The first-order valence-corrected chi connectivity index (χ1v) is 6.09. The summed E-state index contributed by atoms with van der Waals surface area (Å²) in [5.74, 6) is 0.578. The minimum atomic E-state index is 0. The lowest BCUT2D eigenvalue weighted by Crippen LogP contribution is -2.28. The van der Waals surface area contributed by atoms with E-state index in [0.717, 1.165) is 26.1 Å². The first-order valence-electron chi connectivity index (χ1n) is 6.09. The smallest absolute Gasteiger partial charge is 0.0469 e. The Morgan fingerprint density at radius 3 is 2.53 bits per heavy atom. The van der Waals surface area contributed by atoms with Crippen molar-refractivity contribution in [3.63, 3.8) is 0 Å². The molecular formula is C14H22ClNO. The largest absolute Gasteiger partial charge is 0.381 e. The number of ether oxygens (including phenoxy) is 1. The molecule has 0 unspecified atom stereocenters. The van der Waals surface area contributed by atoms with Crippen LogP contribution in [0.5, 0.6) is 0 Å². The van der Waals surface area contributed by atoms with E-state index in [1.165, 1.54) is 16.7 Å². The fourth-order valence-corrected chi connectivity index (χ4v) is 2.45. The molecule has 0 amide bonds. The predicted octanol–water partition coefficient (Wildman–Crippen LogP) is 3.15. The molecule has 1 aliphatic heterocycles. The quantitative estimate of drug-likeness (QED) is 0.881. The Bertz CT molecular complexity index is 361. The van der Waals surface area contributed by atoms with Gasteiger partial charge in [-0.15, -0.1) is 12.4 Å². The van der Waals surface area contributed by atoms with Crippen LogP contribution in [0.15, 0.2) is 18.2 Å². The number of benzene rings is 1. The molecule has 1 fully saturated rings. The van der Waals surface area contributed by atoms with Crippen molar-refractivity contribution in [3.05, 3.63) is 34.9 Å². The molecule has 1 saturated heterocycles. The third kappa shape index (κ3) is 3.44. The van der Waals surface area contributed by atoms with Crippen molar-refractivity contribution in [2.75, 3.05) is 13.2 Å². The Balaban J connectivity index is 0.00000144. The SMILES string of the molecule is Cc1ccc(C)c([C@@H](N)C2CCOCC2)c1.Cl. The molecular weight excluding hydrogens is 234 g/mol. The maximum atomic E-state index is 6.38. The number of hydrogen-bond donors (Lipinski definition) is 1. The Hall–Kier alpha value is -0.570. The molecule has 2 nitrogen and oxygen atoms in total. The molecule has 96 valence electrons. The van der Waals surface area contributed by atoms with Gasteiger partial charge in [0.15, 0.2) is 0 Å². The van der Waals surface area contributed by atoms with Crippen LogP contribution >= 0.6 is 12.4 Å². The lowest BCUT2D eigenvalue weighted by atomic mass is 9.85. The highest BCUT2D eigenvalue weighted by molar-refractivity contribution is 5.85. The molecule has 0 aliphatic carbocycles. The van der Waals surface area contributed by atoms with Gasteiger partial charge in [0.2, 0.25) is 0 Å². The van der Waals surface area contributed by atoms with E-state index in [4.69, 9.17) is 10.5 Å². The minimum Gasteiger partial charge on any atom is -0.381 e. The fraction of sp³-hybridized carbons (Fsp3) is 0.571. The van der Waals surface area contributed by atoms with Crippen LogP contribution < -0.4 is 5.73 Å². The van der Waals surface area contributed by atoms with Crippen molar-refractivity contribution in [1.29, 1.82) is 0 Å². The van der Waals surface area contributed by atoms with Crippen LogP contribution in [-0.4, -0.2) is 13.2 Å². The van der Waals surface area contributed by atoms with Gasteiger partial charge < -0.3 is 10.5 Å². The molecule has 1 aromatic carbocycles. The van der Waals surface area contributed by atoms with Crippen molar-refractivity contribution in [2.24, 2.45) is 11.7 Å². The summed E-state index contributed by atoms with van der Waals surface area (Å²) in [4.78, 5) is 0. The van der Waals surface area contributed by atoms with Gasteiger partial charge in [0, 0.05) is 19.3 Å².